The van der Waals surface area contributed by atoms with E-state index in [1.165, 1.54) is 12.1 Å². The minimum Gasteiger partial charge on any atom is -0.490 e. The summed E-state index contributed by atoms with van der Waals surface area (Å²) in [7, 11) is 1.64. The second kappa shape index (κ2) is 5.91. The fourth-order valence-electron chi connectivity index (χ4n) is 2.47. The Morgan fingerprint density at radius 3 is 2.55 bits per heavy atom. The van der Waals surface area contributed by atoms with Crippen molar-refractivity contribution in [3.8, 4) is 5.75 Å². The van der Waals surface area contributed by atoms with Gasteiger partial charge in [0.1, 0.15) is 11.9 Å². The lowest BCUT2D eigenvalue weighted by Crippen LogP contribution is -2.29. The van der Waals surface area contributed by atoms with Crippen LogP contribution in [0, 0.1) is 0 Å². The summed E-state index contributed by atoms with van der Waals surface area (Å²) < 4.78 is 49.2. The number of alkyl halides is 3. The average molecular weight is 289 g/mol. The van der Waals surface area contributed by atoms with Crippen molar-refractivity contribution in [3.05, 3.63) is 23.8 Å². The molecule has 0 heterocycles. The monoisotopic (exact) mass is 289 g/mol. The lowest BCUT2D eigenvalue weighted by molar-refractivity contribution is -0.137. The summed E-state index contributed by atoms with van der Waals surface area (Å²) in [4.78, 5) is 0. The zero-order valence-electron chi connectivity index (χ0n) is 11.2. The molecule has 0 aliphatic heterocycles. The lowest BCUT2D eigenvalue weighted by atomic mass is 9.95. The van der Waals surface area contributed by atoms with Crippen LogP contribution in [0.5, 0.6) is 5.75 Å². The highest BCUT2D eigenvalue weighted by Gasteiger charge is 2.33. The molecule has 2 N–H and O–H groups in total. The maximum Gasteiger partial charge on any atom is 0.418 e. The van der Waals surface area contributed by atoms with Crippen LogP contribution >= 0.6 is 0 Å². The summed E-state index contributed by atoms with van der Waals surface area (Å²) in [5.41, 5.74) is 4.22. The fraction of sp³-hybridized carbons (Fsp3) is 0.571. The van der Waals surface area contributed by atoms with Crippen molar-refractivity contribution in [3.63, 3.8) is 0 Å². The van der Waals surface area contributed by atoms with Gasteiger partial charge in [0.15, 0.2) is 0 Å². The summed E-state index contributed by atoms with van der Waals surface area (Å²) in [5, 5.41) is 0. The third-order valence-electron chi connectivity index (χ3n) is 3.54. The summed E-state index contributed by atoms with van der Waals surface area (Å²) in [6.07, 6.45) is -1.03. The minimum absolute atomic E-state index is 0.113. The molecule has 2 unspecified atom stereocenters. The average Bonchev–Trinajstić information content (AvgIpc) is 2.40. The van der Waals surface area contributed by atoms with E-state index < -0.39 is 11.7 Å². The molecule has 1 fully saturated rings. The zero-order chi connectivity index (χ0) is 14.8. The van der Waals surface area contributed by atoms with E-state index in [1.807, 2.05) is 0 Å². The van der Waals surface area contributed by atoms with Crippen LogP contribution in [-0.2, 0) is 10.9 Å². The van der Waals surface area contributed by atoms with Crippen LogP contribution in [0.1, 0.15) is 31.2 Å². The van der Waals surface area contributed by atoms with Crippen molar-refractivity contribution in [2.75, 3.05) is 12.8 Å². The minimum atomic E-state index is -4.47. The third-order valence-corrected chi connectivity index (χ3v) is 3.54. The van der Waals surface area contributed by atoms with Gasteiger partial charge in [-0.2, -0.15) is 13.2 Å². The molecule has 2 rings (SSSR count). The Morgan fingerprint density at radius 2 is 1.90 bits per heavy atom. The van der Waals surface area contributed by atoms with Crippen LogP contribution in [0.15, 0.2) is 18.2 Å². The molecule has 0 bridgehead atoms. The van der Waals surface area contributed by atoms with E-state index in [-0.39, 0.29) is 23.6 Å². The van der Waals surface area contributed by atoms with Crippen LogP contribution in [0.4, 0.5) is 18.9 Å². The first kappa shape index (κ1) is 15.0. The molecule has 1 aliphatic carbocycles. The molecule has 1 aromatic rings. The molecule has 2 atom stereocenters. The Labute approximate surface area is 115 Å². The molecule has 20 heavy (non-hydrogen) atoms. The predicted molar refractivity (Wildman–Crippen MR) is 69.5 cm³/mol. The van der Waals surface area contributed by atoms with Crippen LogP contribution in [-0.4, -0.2) is 19.3 Å². The number of anilines is 1. The van der Waals surface area contributed by atoms with Crippen LogP contribution in [0.25, 0.3) is 0 Å². The van der Waals surface area contributed by atoms with Crippen molar-refractivity contribution in [1.82, 2.24) is 0 Å². The summed E-state index contributed by atoms with van der Waals surface area (Å²) >= 11 is 0. The van der Waals surface area contributed by atoms with Gasteiger partial charge in [-0.25, -0.2) is 0 Å². The topological polar surface area (TPSA) is 44.5 Å². The number of hydrogen-bond acceptors (Lipinski definition) is 3. The molecular formula is C14H18F3NO2. The molecule has 1 aliphatic rings. The molecular weight excluding hydrogens is 271 g/mol. The van der Waals surface area contributed by atoms with Gasteiger partial charge in [0.25, 0.3) is 0 Å². The van der Waals surface area contributed by atoms with Gasteiger partial charge in [-0.1, -0.05) is 0 Å². The maximum atomic E-state index is 12.8. The Balaban J connectivity index is 2.10. The van der Waals surface area contributed by atoms with Crippen LogP contribution < -0.4 is 10.5 Å². The van der Waals surface area contributed by atoms with Gasteiger partial charge >= 0.3 is 6.18 Å². The highest BCUT2D eigenvalue weighted by Crippen LogP contribution is 2.36. The Bertz CT molecular complexity index is 462. The standard InChI is InChI=1S/C14H18F3NO2/c1-19-9-3-2-4-10(7-9)20-11-5-6-13(18)12(8-11)14(15,16)17/h5-6,8-10H,2-4,7,18H2,1H3. The predicted octanol–water partition coefficient (Wildman–Crippen LogP) is 3.62. The fourth-order valence-corrected chi connectivity index (χ4v) is 2.47. The first-order valence-electron chi connectivity index (χ1n) is 6.56. The summed E-state index contributed by atoms with van der Waals surface area (Å²) in [5.74, 6) is 0.202. The van der Waals surface area contributed by atoms with E-state index in [0.717, 1.165) is 25.3 Å². The maximum absolute atomic E-state index is 12.8. The lowest BCUT2D eigenvalue weighted by Gasteiger charge is -2.29. The molecule has 0 radical (unpaired) electrons. The molecule has 1 saturated carbocycles. The molecule has 0 amide bonds. The quantitative estimate of drug-likeness (QED) is 0.864. The number of methoxy groups -OCH3 is 1. The van der Waals surface area contributed by atoms with E-state index in [0.29, 0.717) is 6.42 Å². The number of benzene rings is 1. The normalized spacial score (nSPS) is 23.6. The van der Waals surface area contributed by atoms with E-state index >= 15 is 0 Å². The van der Waals surface area contributed by atoms with Gasteiger partial charge in [0.05, 0.1) is 11.7 Å². The van der Waals surface area contributed by atoms with Gasteiger partial charge in [-0.3, -0.25) is 0 Å². The second-order valence-corrected chi connectivity index (χ2v) is 5.01. The van der Waals surface area contributed by atoms with Crippen molar-refractivity contribution < 1.29 is 22.6 Å². The van der Waals surface area contributed by atoms with E-state index in [1.54, 1.807) is 7.11 Å². The number of nitrogen functional groups attached to an aromatic ring is 1. The highest BCUT2D eigenvalue weighted by molar-refractivity contribution is 5.52. The molecule has 3 nitrogen and oxygen atoms in total. The molecule has 112 valence electrons. The number of nitrogens with two attached hydrogens (primary N) is 1. The molecule has 0 spiro atoms. The molecule has 1 aromatic carbocycles. The van der Waals surface area contributed by atoms with E-state index in [9.17, 15) is 13.2 Å². The molecule has 0 saturated heterocycles. The Hall–Kier alpha value is -1.43. The second-order valence-electron chi connectivity index (χ2n) is 5.01. The number of ether oxygens (including phenoxy) is 2. The van der Waals surface area contributed by atoms with Gasteiger partial charge in [0.2, 0.25) is 0 Å². The van der Waals surface area contributed by atoms with Gasteiger partial charge in [-0.05, 0) is 37.5 Å². The van der Waals surface area contributed by atoms with Crippen molar-refractivity contribution in [1.29, 1.82) is 0 Å². The van der Waals surface area contributed by atoms with Crippen molar-refractivity contribution >= 4 is 5.69 Å². The molecule has 6 heteroatoms. The molecule has 0 aromatic heterocycles. The largest absolute Gasteiger partial charge is 0.490 e. The number of hydrogen-bond donors (Lipinski definition) is 1. The van der Waals surface area contributed by atoms with Gasteiger partial charge in [-0.15, -0.1) is 0 Å². The SMILES string of the molecule is COC1CCCC(Oc2ccc(N)c(C(F)(F)F)c2)C1. The van der Waals surface area contributed by atoms with E-state index in [2.05, 4.69) is 0 Å². The summed E-state index contributed by atoms with van der Waals surface area (Å²) in [6, 6.07) is 3.67. The third kappa shape index (κ3) is 3.56. The Morgan fingerprint density at radius 1 is 1.20 bits per heavy atom. The summed E-state index contributed by atoms with van der Waals surface area (Å²) in [6.45, 7) is 0. The smallest absolute Gasteiger partial charge is 0.418 e. The van der Waals surface area contributed by atoms with Crippen LogP contribution in [0.2, 0.25) is 0 Å². The number of rotatable bonds is 3. The zero-order valence-corrected chi connectivity index (χ0v) is 11.2. The highest BCUT2D eigenvalue weighted by atomic mass is 19.4. The van der Waals surface area contributed by atoms with Crippen molar-refractivity contribution in [2.24, 2.45) is 0 Å². The first-order chi connectivity index (χ1) is 9.40. The number of halogens is 3. The Kier molecular flexibility index (Phi) is 4.42. The van der Waals surface area contributed by atoms with E-state index in [4.69, 9.17) is 15.2 Å². The van der Waals surface area contributed by atoms with Gasteiger partial charge in [0, 0.05) is 19.2 Å². The van der Waals surface area contributed by atoms with Crippen molar-refractivity contribution in [2.45, 2.75) is 44.1 Å². The first-order valence-corrected chi connectivity index (χ1v) is 6.56. The van der Waals surface area contributed by atoms with Gasteiger partial charge < -0.3 is 15.2 Å². The van der Waals surface area contributed by atoms with Crippen LogP contribution in [0.3, 0.4) is 0 Å².